The quantitative estimate of drug-likeness (QED) is 0.702. The van der Waals surface area contributed by atoms with Gasteiger partial charge in [0.25, 0.3) is 0 Å². The predicted molar refractivity (Wildman–Crippen MR) is 56.6 cm³/mol. The smallest absolute Gasteiger partial charge is 0.349 e. The fourth-order valence-corrected chi connectivity index (χ4v) is 1.84. The lowest BCUT2D eigenvalue weighted by atomic mass is 10.1. The second-order valence-electron chi connectivity index (χ2n) is 4.27. The van der Waals surface area contributed by atoms with E-state index in [2.05, 4.69) is 11.9 Å². The molecule has 4 heteroatoms. The molecule has 4 nitrogen and oxygen atoms in total. The summed E-state index contributed by atoms with van der Waals surface area (Å²) in [7, 11) is 0. The van der Waals surface area contributed by atoms with Crippen LogP contribution in [0.25, 0.3) is 0 Å². The normalized spacial score (nSPS) is 30.7. The third-order valence-electron chi connectivity index (χ3n) is 3.03. The maximum Gasteiger partial charge on any atom is 0.349 e. The van der Waals surface area contributed by atoms with Gasteiger partial charge in [0, 0.05) is 11.9 Å². The van der Waals surface area contributed by atoms with Crippen molar-refractivity contribution in [3.8, 4) is 0 Å². The number of ether oxygens (including phenoxy) is 1. The summed E-state index contributed by atoms with van der Waals surface area (Å²) >= 11 is 0. The SMILES string of the molecule is Cc1ccn(C2C[C@@H](C)C(C)O2)c(=O)n1. The molecule has 0 spiro atoms. The number of hydrogen-bond donors (Lipinski definition) is 0. The van der Waals surface area contributed by atoms with E-state index in [0.717, 1.165) is 12.1 Å². The first kappa shape index (κ1) is 10.4. The standard InChI is InChI=1S/C11H16N2O2/c1-7-6-10(15-9(7)3)13-5-4-8(2)12-11(13)14/h4-5,7,9-10H,6H2,1-3H3/t7-,9?,10?/m1/s1. The fourth-order valence-electron chi connectivity index (χ4n) is 1.84. The first-order valence-corrected chi connectivity index (χ1v) is 5.29. The summed E-state index contributed by atoms with van der Waals surface area (Å²) in [6.45, 7) is 5.99. The minimum Gasteiger partial charge on any atom is -0.355 e. The van der Waals surface area contributed by atoms with Gasteiger partial charge >= 0.3 is 5.69 Å². The van der Waals surface area contributed by atoms with E-state index < -0.39 is 0 Å². The Labute approximate surface area is 88.9 Å². The van der Waals surface area contributed by atoms with Crippen molar-refractivity contribution in [1.29, 1.82) is 0 Å². The van der Waals surface area contributed by atoms with Crippen LogP contribution in [0.2, 0.25) is 0 Å². The summed E-state index contributed by atoms with van der Waals surface area (Å²) in [5.74, 6) is 0.489. The Bertz CT molecular complexity index is 403. The molecule has 1 fully saturated rings. The van der Waals surface area contributed by atoms with Gasteiger partial charge in [0.1, 0.15) is 6.23 Å². The minimum atomic E-state index is -0.221. The molecule has 15 heavy (non-hydrogen) atoms. The van der Waals surface area contributed by atoms with Crippen molar-refractivity contribution in [3.63, 3.8) is 0 Å². The second kappa shape index (κ2) is 3.77. The molecule has 0 saturated carbocycles. The zero-order valence-electron chi connectivity index (χ0n) is 9.30. The van der Waals surface area contributed by atoms with E-state index in [1.54, 1.807) is 10.8 Å². The maximum atomic E-state index is 11.6. The molecule has 2 unspecified atom stereocenters. The first-order chi connectivity index (χ1) is 7.08. The van der Waals surface area contributed by atoms with Gasteiger partial charge in [-0.05, 0) is 32.3 Å². The first-order valence-electron chi connectivity index (χ1n) is 5.29. The van der Waals surface area contributed by atoms with E-state index in [1.165, 1.54) is 0 Å². The zero-order chi connectivity index (χ0) is 11.0. The van der Waals surface area contributed by atoms with Crippen LogP contribution in [0.15, 0.2) is 17.1 Å². The Morgan fingerprint density at radius 1 is 1.53 bits per heavy atom. The van der Waals surface area contributed by atoms with Gasteiger partial charge in [0.2, 0.25) is 0 Å². The van der Waals surface area contributed by atoms with Crippen molar-refractivity contribution in [2.75, 3.05) is 0 Å². The van der Waals surface area contributed by atoms with Crippen molar-refractivity contribution < 1.29 is 4.74 Å². The molecular formula is C11H16N2O2. The fraction of sp³-hybridized carbons (Fsp3) is 0.636. The van der Waals surface area contributed by atoms with Crippen LogP contribution in [0.5, 0.6) is 0 Å². The molecule has 0 aliphatic carbocycles. The van der Waals surface area contributed by atoms with Crippen LogP contribution in [0.4, 0.5) is 0 Å². The summed E-state index contributed by atoms with van der Waals surface area (Å²) in [5, 5.41) is 0. The molecule has 1 aliphatic rings. The van der Waals surface area contributed by atoms with Crippen LogP contribution in [0, 0.1) is 12.8 Å². The summed E-state index contributed by atoms with van der Waals surface area (Å²) in [6.07, 6.45) is 2.71. The van der Waals surface area contributed by atoms with Gasteiger partial charge in [-0.2, -0.15) is 4.98 Å². The van der Waals surface area contributed by atoms with E-state index in [0.29, 0.717) is 5.92 Å². The van der Waals surface area contributed by atoms with Gasteiger partial charge < -0.3 is 4.74 Å². The Balaban J connectivity index is 2.28. The van der Waals surface area contributed by atoms with Crippen molar-refractivity contribution >= 4 is 0 Å². The molecule has 1 aromatic rings. The van der Waals surface area contributed by atoms with E-state index in [4.69, 9.17) is 4.74 Å². The Hall–Kier alpha value is -1.16. The maximum absolute atomic E-state index is 11.6. The largest absolute Gasteiger partial charge is 0.355 e. The molecule has 0 aromatic carbocycles. The molecular weight excluding hydrogens is 192 g/mol. The van der Waals surface area contributed by atoms with Crippen LogP contribution in [-0.2, 0) is 4.74 Å². The molecule has 0 radical (unpaired) electrons. The van der Waals surface area contributed by atoms with Crippen molar-refractivity contribution in [3.05, 3.63) is 28.4 Å². The molecule has 2 rings (SSSR count). The van der Waals surface area contributed by atoms with Crippen molar-refractivity contribution in [2.45, 2.75) is 39.5 Å². The number of nitrogens with zero attached hydrogens (tertiary/aromatic N) is 2. The molecule has 0 N–H and O–H groups in total. The van der Waals surface area contributed by atoms with Crippen LogP contribution in [0.1, 0.15) is 32.2 Å². The number of rotatable bonds is 1. The summed E-state index contributed by atoms with van der Waals surface area (Å²) < 4.78 is 7.28. The second-order valence-corrected chi connectivity index (χ2v) is 4.27. The molecule has 3 atom stereocenters. The molecule has 1 saturated heterocycles. The van der Waals surface area contributed by atoms with Crippen LogP contribution in [0.3, 0.4) is 0 Å². The highest BCUT2D eigenvalue weighted by Gasteiger charge is 2.30. The lowest BCUT2D eigenvalue weighted by molar-refractivity contribution is 0.00310. The van der Waals surface area contributed by atoms with Gasteiger partial charge in [-0.15, -0.1) is 0 Å². The summed E-state index contributed by atoms with van der Waals surface area (Å²) in [4.78, 5) is 15.5. The highest BCUT2D eigenvalue weighted by atomic mass is 16.5. The van der Waals surface area contributed by atoms with E-state index >= 15 is 0 Å². The Kier molecular flexibility index (Phi) is 2.61. The molecule has 0 amide bonds. The van der Waals surface area contributed by atoms with E-state index in [1.807, 2.05) is 19.9 Å². The molecule has 82 valence electrons. The zero-order valence-corrected chi connectivity index (χ0v) is 9.30. The Morgan fingerprint density at radius 2 is 2.27 bits per heavy atom. The molecule has 0 bridgehead atoms. The summed E-state index contributed by atoms with van der Waals surface area (Å²) in [5.41, 5.74) is 0.525. The lowest BCUT2D eigenvalue weighted by Gasteiger charge is -2.13. The van der Waals surface area contributed by atoms with Gasteiger partial charge in [0.05, 0.1) is 6.10 Å². The highest BCUT2D eigenvalue weighted by molar-refractivity contribution is 4.96. The topological polar surface area (TPSA) is 44.1 Å². The number of aromatic nitrogens is 2. The average Bonchev–Trinajstić information content (AvgIpc) is 2.46. The van der Waals surface area contributed by atoms with Crippen LogP contribution >= 0.6 is 0 Å². The average molecular weight is 208 g/mol. The van der Waals surface area contributed by atoms with E-state index in [9.17, 15) is 4.79 Å². The third kappa shape index (κ3) is 1.95. The van der Waals surface area contributed by atoms with Crippen LogP contribution in [-0.4, -0.2) is 15.7 Å². The minimum absolute atomic E-state index is 0.143. The number of aryl methyl sites for hydroxylation is 1. The third-order valence-corrected chi connectivity index (χ3v) is 3.03. The highest BCUT2D eigenvalue weighted by Crippen LogP contribution is 2.31. The van der Waals surface area contributed by atoms with Gasteiger partial charge in [-0.1, -0.05) is 6.92 Å². The molecule has 1 aliphatic heterocycles. The van der Waals surface area contributed by atoms with Gasteiger partial charge in [0.15, 0.2) is 0 Å². The van der Waals surface area contributed by atoms with Gasteiger partial charge in [-0.3, -0.25) is 4.57 Å². The van der Waals surface area contributed by atoms with Crippen molar-refractivity contribution in [2.24, 2.45) is 5.92 Å². The monoisotopic (exact) mass is 208 g/mol. The van der Waals surface area contributed by atoms with Crippen LogP contribution < -0.4 is 5.69 Å². The molecule has 1 aromatic heterocycles. The van der Waals surface area contributed by atoms with Crippen molar-refractivity contribution in [1.82, 2.24) is 9.55 Å². The predicted octanol–water partition coefficient (Wildman–Crippen LogP) is 1.50. The number of hydrogen-bond acceptors (Lipinski definition) is 3. The van der Waals surface area contributed by atoms with Gasteiger partial charge in [-0.25, -0.2) is 4.79 Å². The lowest BCUT2D eigenvalue weighted by Crippen LogP contribution is -2.26. The molecule has 2 heterocycles. The Morgan fingerprint density at radius 3 is 2.80 bits per heavy atom. The summed E-state index contributed by atoms with van der Waals surface area (Å²) in [6, 6.07) is 1.83. The van der Waals surface area contributed by atoms with E-state index in [-0.39, 0.29) is 18.0 Å².